The molecule has 112 valence electrons. The summed E-state index contributed by atoms with van der Waals surface area (Å²) in [6, 6.07) is 2.65. The van der Waals surface area contributed by atoms with Crippen molar-refractivity contribution in [2.24, 2.45) is 11.1 Å². The second kappa shape index (κ2) is 4.79. The Morgan fingerprint density at radius 3 is 2.81 bits per heavy atom. The molecular formula is C15H18FN3O2. The molecule has 21 heavy (non-hydrogen) atoms. The van der Waals surface area contributed by atoms with Gasteiger partial charge in [-0.1, -0.05) is 6.42 Å². The van der Waals surface area contributed by atoms with Crippen molar-refractivity contribution in [1.82, 2.24) is 10.3 Å². The van der Waals surface area contributed by atoms with Gasteiger partial charge in [0.1, 0.15) is 0 Å². The van der Waals surface area contributed by atoms with Gasteiger partial charge in [-0.25, -0.2) is 9.37 Å². The number of hydrogen-bond donors (Lipinski definition) is 2. The number of fused-ring (bicyclic) bond motifs is 2. The quantitative estimate of drug-likeness (QED) is 0.885. The van der Waals surface area contributed by atoms with E-state index in [9.17, 15) is 14.0 Å². The molecule has 2 aliphatic carbocycles. The lowest BCUT2D eigenvalue weighted by atomic mass is 9.72. The number of nitrogens with two attached hydrogens (primary N) is 1. The summed E-state index contributed by atoms with van der Waals surface area (Å²) in [6.45, 7) is 0. The number of halogens is 1. The van der Waals surface area contributed by atoms with Crippen LogP contribution in [0.3, 0.4) is 0 Å². The molecule has 2 atom stereocenters. The maximum Gasteiger partial charge on any atom is 0.273 e. The first-order valence-corrected chi connectivity index (χ1v) is 7.19. The molecule has 0 unspecified atom stereocenters. The number of rotatable bonds is 3. The van der Waals surface area contributed by atoms with Crippen LogP contribution in [-0.4, -0.2) is 22.3 Å². The number of aromatic nitrogens is 1. The zero-order valence-electron chi connectivity index (χ0n) is 11.7. The summed E-state index contributed by atoms with van der Waals surface area (Å²) < 4.78 is 13.6. The lowest BCUT2D eigenvalue weighted by molar-refractivity contribution is -0.128. The zero-order valence-corrected chi connectivity index (χ0v) is 11.7. The fourth-order valence-electron chi connectivity index (χ4n) is 3.85. The normalized spacial score (nSPS) is 30.9. The standard InChI is InChI=1S/C15H18FN3O2/c16-10-3-1-8-18-11(10)12(20)19-15-5-2-4-14(9-15,6-7-15)13(17)21/h1,3,8H,2,4-7,9H2,(H2,17,21)(H,19,20)/t14-,15+/m0/s1. The van der Waals surface area contributed by atoms with Crippen LogP contribution in [0.25, 0.3) is 0 Å². The largest absolute Gasteiger partial charge is 0.369 e. The van der Waals surface area contributed by atoms with E-state index in [1.165, 1.54) is 18.3 Å². The highest BCUT2D eigenvalue weighted by molar-refractivity contribution is 5.93. The number of hydrogen-bond acceptors (Lipinski definition) is 3. The third kappa shape index (κ3) is 2.28. The smallest absolute Gasteiger partial charge is 0.273 e. The summed E-state index contributed by atoms with van der Waals surface area (Å²) in [5.74, 6) is -1.45. The molecule has 2 fully saturated rings. The molecule has 2 saturated carbocycles. The van der Waals surface area contributed by atoms with Gasteiger partial charge >= 0.3 is 0 Å². The van der Waals surface area contributed by atoms with Crippen LogP contribution < -0.4 is 11.1 Å². The van der Waals surface area contributed by atoms with Gasteiger partial charge in [-0.15, -0.1) is 0 Å². The molecule has 0 radical (unpaired) electrons. The number of amides is 2. The first-order chi connectivity index (χ1) is 9.96. The lowest BCUT2D eigenvalue weighted by Gasteiger charge is -2.38. The fourth-order valence-corrected chi connectivity index (χ4v) is 3.85. The molecule has 0 saturated heterocycles. The minimum absolute atomic E-state index is 0.200. The lowest BCUT2D eigenvalue weighted by Crippen LogP contribution is -2.51. The molecule has 0 spiro atoms. The maximum absolute atomic E-state index is 13.6. The van der Waals surface area contributed by atoms with Crippen LogP contribution in [0.15, 0.2) is 18.3 Å². The highest BCUT2D eigenvalue weighted by atomic mass is 19.1. The van der Waals surface area contributed by atoms with E-state index in [2.05, 4.69) is 10.3 Å². The van der Waals surface area contributed by atoms with Crippen molar-refractivity contribution in [3.8, 4) is 0 Å². The third-order valence-corrected chi connectivity index (χ3v) is 4.94. The van der Waals surface area contributed by atoms with Gasteiger partial charge in [0.25, 0.3) is 5.91 Å². The highest BCUT2D eigenvalue weighted by Crippen LogP contribution is 2.53. The minimum Gasteiger partial charge on any atom is -0.369 e. The zero-order chi connectivity index (χ0) is 15.1. The summed E-state index contributed by atoms with van der Waals surface area (Å²) in [7, 11) is 0. The first kappa shape index (κ1) is 14.0. The van der Waals surface area contributed by atoms with E-state index in [1.807, 2.05) is 0 Å². The van der Waals surface area contributed by atoms with Crippen LogP contribution >= 0.6 is 0 Å². The molecule has 0 aromatic carbocycles. The minimum atomic E-state index is -0.638. The van der Waals surface area contributed by atoms with E-state index in [4.69, 9.17) is 5.73 Å². The Kier molecular flexibility index (Phi) is 3.19. The predicted octanol–water partition coefficient (Wildman–Crippen LogP) is 1.53. The summed E-state index contributed by atoms with van der Waals surface area (Å²) >= 11 is 0. The first-order valence-electron chi connectivity index (χ1n) is 7.19. The Labute approximate surface area is 122 Å². The number of nitrogens with one attached hydrogen (secondary N) is 1. The molecule has 1 aromatic heterocycles. The fraction of sp³-hybridized carbons (Fsp3) is 0.533. The summed E-state index contributed by atoms with van der Waals surface area (Å²) in [5.41, 5.74) is 4.38. The molecule has 0 aliphatic heterocycles. The molecule has 1 aromatic rings. The molecule has 1 heterocycles. The Balaban J connectivity index is 1.81. The number of carbonyl (C=O) groups is 2. The van der Waals surface area contributed by atoms with E-state index in [0.29, 0.717) is 19.3 Å². The van der Waals surface area contributed by atoms with Crippen LogP contribution in [0.1, 0.15) is 49.0 Å². The molecule has 2 amide bonds. The van der Waals surface area contributed by atoms with Gasteiger partial charge in [-0.05, 0) is 44.2 Å². The van der Waals surface area contributed by atoms with Crippen LogP contribution in [0.5, 0.6) is 0 Å². The predicted molar refractivity (Wildman–Crippen MR) is 73.7 cm³/mol. The SMILES string of the molecule is NC(=O)[C@@]12CCC[C@@](NC(=O)c3ncccc3F)(CC1)C2. The number of carbonyl (C=O) groups excluding carboxylic acids is 2. The van der Waals surface area contributed by atoms with Crippen LogP contribution in [0.2, 0.25) is 0 Å². The van der Waals surface area contributed by atoms with Gasteiger partial charge in [0.15, 0.2) is 11.5 Å². The van der Waals surface area contributed by atoms with Crippen LogP contribution in [0, 0.1) is 11.2 Å². The number of primary amides is 1. The Hall–Kier alpha value is -1.98. The van der Waals surface area contributed by atoms with Gasteiger partial charge in [0.05, 0.1) is 5.41 Å². The van der Waals surface area contributed by atoms with Crippen molar-refractivity contribution in [1.29, 1.82) is 0 Å². The molecule has 2 aliphatic rings. The van der Waals surface area contributed by atoms with Gasteiger partial charge in [0, 0.05) is 11.7 Å². The molecule has 5 nitrogen and oxygen atoms in total. The monoisotopic (exact) mass is 291 g/mol. The summed E-state index contributed by atoms with van der Waals surface area (Å²) in [5, 5.41) is 2.91. The Morgan fingerprint density at radius 1 is 1.29 bits per heavy atom. The average molecular weight is 291 g/mol. The van der Waals surface area contributed by atoms with Crippen molar-refractivity contribution >= 4 is 11.8 Å². The molecule has 2 bridgehead atoms. The molecular weight excluding hydrogens is 273 g/mol. The van der Waals surface area contributed by atoms with Crippen LogP contribution in [-0.2, 0) is 4.79 Å². The van der Waals surface area contributed by atoms with Gasteiger partial charge in [-0.2, -0.15) is 0 Å². The Bertz CT molecular complexity index is 606. The second-order valence-electron chi connectivity index (χ2n) is 6.24. The third-order valence-electron chi connectivity index (χ3n) is 4.94. The molecule has 3 N–H and O–H groups in total. The maximum atomic E-state index is 13.6. The second-order valence-corrected chi connectivity index (χ2v) is 6.24. The summed E-state index contributed by atoms with van der Waals surface area (Å²) in [4.78, 5) is 27.8. The van der Waals surface area contributed by atoms with Gasteiger partial charge in [-0.3, -0.25) is 9.59 Å². The van der Waals surface area contributed by atoms with Gasteiger partial charge in [0.2, 0.25) is 5.91 Å². The Morgan fingerprint density at radius 2 is 2.10 bits per heavy atom. The highest BCUT2D eigenvalue weighted by Gasteiger charge is 2.54. The van der Waals surface area contributed by atoms with Crippen molar-refractivity contribution < 1.29 is 14.0 Å². The van der Waals surface area contributed by atoms with E-state index in [-0.39, 0.29) is 11.6 Å². The van der Waals surface area contributed by atoms with E-state index >= 15 is 0 Å². The van der Waals surface area contributed by atoms with Crippen molar-refractivity contribution in [3.05, 3.63) is 29.8 Å². The van der Waals surface area contributed by atoms with E-state index < -0.39 is 22.7 Å². The average Bonchev–Trinajstić information content (AvgIpc) is 2.71. The number of pyridine rings is 1. The van der Waals surface area contributed by atoms with Crippen molar-refractivity contribution in [2.45, 2.75) is 44.1 Å². The van der Waals surface area contributed by atoms with E-state index in [0.717, 1.165) is 19.3 Å². The molecule has 6 heteroatoms. The van der Waals surface area contributed by atoms with Crippen LogP contribution in [0.4, 0.5) is 4.39 Å². The molecule has 3 rings (SSSR count). The summed E-state index contributed by atoms with van der Waals surface area (Å²) in [6.07, 6.45) is 5.74. The van der Waals surface area contributed by atoms with Crippen molar-refractivity contribution in [3.63, 3.8) is 0 Å². The number of nitrogens with zero attached hydrogens (tertiary/aromatic N) is 1. The van der Waals surface area contributed by atoms with Gasteiger partial charge < -0.3 is 11.1 Å². The topological polar surface area (TPSA) is 85.1 Å². The van der Waals surface area contributed by atoms with Crippen molar-refractivity contribution in [2.75, 3.05) is 0 Å². The van der Waals surface area contributed by atoms with E-state index in [1.54, 1.807) is 0 Å².